The number of aliphatic carboxylic acids is 1. The molecule has 0 amide bonds. The average Bonchev–Trinajstić information content (AvgIpc) is 3.14. The Kier molecular flexibility index (Phi) is 6.53. The molecule has 0 spiro atoms. The summed E-state index contributed by atoms with van der Waals surface area (Å²) in [5, 5.41) is 9.93. The molecule has 30 heavy (non-hydrogen) atoms. The molecule has 0 saturated carbocycles. The van der Waals surface area contributed by atoms with Gasteiger partial charge in [-0.15, -0.1) is 0 Å². The molecule has 1 unspecified atom stereocenters. The molecule has 0 aliphatic heterocycles. The van der Waals surface area contributed by atoms with Crippen molar-refractivity contribution < 1.29 is 23.8 Å². The summed E-state index contributed by atoms with van der Waals surface area (Å²) in [7, 11) is 2.85. The second kappa shape index (κ2) is 9.10. The van der Waals surface area contributed by atoms with Crippen molar-refractivity contribution in [3.63, 3.8) is 0 Å². The van der Waals surface area contributed by atoms with Gasteiger partial charge in [-0.1, -0.05) is 11.6 Å². The van der Waals surface area contributed by atoms with E-state index in [9.17, 15) is 19.1 Å². The van der Waals surface area contributed by atoms with E-state index in [0.29, 0.717) is 21.8 Å². The van der Waals surface area contributed by atoms with E-state index in [4.69, 9.17) is 21.1 Å². The first-order valence-electron chi connectivity index (χ1n) is 8.87. The number of hydrogen-bond donors (Lipinski definition) is 1. The first-order valence-corrected chi connectivity index (χ1v) is 9.25. The average molecular weight is 436 g/mol. The zero-order valence-electron chi connectivity index (χ0n) is 16.2. The van der Waals surface area contributed by atoms with Gasteiger partial charge in [0, 0.05) is 42.4 Å². The lowest BCUT2D eigenvalue weighted by Gasteiger charge is -2.19. The SMILES string of the molecule is COCCC(C(=O)O)n1cc(OC)c(-c2cc(Cl)ccc2-n2cnc(F)c2)cc1=O. The molecule has 2 heterocycles. The molecule has 0 fully saturated rings. The van der Waals surface area contributed by atoms with Crippen LogP contribution in [-0.4, -0.2) is 46.0 Å². The third-order valence-electron chi connectivity index (χ3n) is 4.56. The van der Waals surface area contributed by atoms with Crippen molar-refractivity contribution in [2.24, 2.45) is 0 Å². The van der Waals surface area contributed by atoms with Gasteiger partial charge >= 0.3 is 5.97 Å². The highest BCUT2D eigenvalue weighted by atomic mass is 35.5. The first-order chi connectivity index (χ1) is 14.3. The lowest BCUT2D eigenvalue weighted by atomic mass is 10.0. The van der Waals surface area contributed by atoms with E-state index in [0.717, 1.165) is 4.57 Å². The van der Waals surface area contributed by atoms with Crippen LogP contribution in [0, 0.1) is 5.95 Å². The molecule has 1 N–H and O–H groups in total. The minimum absolute atomic E-state index is 0.102. The molecule has 0 saturated heterocycles. The number of benzene rings is 1. The fourth-order valence-electron chi connectivity index (χ4n) is 3.14. The normalized spacial score (nSPS) is 12.0. The summed E-state index contributed by atoms with van der Waals surface area (Å²) in [4.78, 5) is 28.1. The van der Waals surface area contributed by atoms with Crippen molar-refractivity contribution in [2.45, 2.75) is 12.5 Å². The fourth-order valence-corrected chi connectivity index (χ4v) is 3.31. The van der Waals surface area contributed by atoms with Crippen molar-refractivity contribution in [3.8, 4) is 22.6 Å². The van der Waals surface area contributed by atoms with Crippen molar-refractivity contribution in [1.82, 2.24) is 14.1 Å². The molecule has 3 aromatic rings. The highest BCUT2D eigenvalue weighted by Gasteiger charge is 2.23. The molecular formula is C20H19ClFN3O5. The van der Waals surface area contributed by atoms with Gasteiger partial charge in [0.05, 0.1) is 25.2 Å². The number of rotatable bonds is 8. The molecule has 2 aromatic heterocycles. The Balaban J connectivity index is 2.19. The molecule has 0 aliphatic carbocycles. The van der Waals surface area contributed by atoms with Gasteiger partial charge in [-0.25, -0.2) is 9.78 Å². The molecule has 10 heteroatoms. The number of carbonyl (C=O) groups is 1. The van der Waals surface area contributed by atoms with Gasteiger partial charge in [0.15, 0.2) is 0 Å². The molecular weight excluding hydrogens is 417 g/mol. The molecule has 0 radical (unpaired) electrons. The molecule has 8 nitrogen and oxygen atoms in total. The number of carboxylic acids is 1. The van der Waals surface area contributed by atoms with Crippen molar-refractivity contribution in [2.75, 3.05) is 20.8 Å². The van der Waals surface area contributed by atoms with Crippen LogP contribution in [0.3, 0.4) is 0 Å². The Morgan fingerprint density at radius 3 is 2.63 bits per heavy atom. The summed E-state index contributed by atoms with van der Waals surface area (Å²) < 4.78 is 26.4. The first kappa shape index (κ1) is 21.5. The Hall–Kier alpha value is -3.17. The Bertz CT molecular complexity index is 1130. The van der Waals surface area contributed by atoms with Gasteiger partial charge in [0.2, 0.25) is 5.95 Å². The number of nitrogens with zero attached hydrogens (tertiary/aromatic N) is 3. The molecule has 3 rings (SSSR count). The zero-order valence-corrected chi connectivity index (χ0v) is 17.0. The van der Waals surface area contributed by atoms with Crippen LogP contribution < -0.4 is 10.3 Å². The van der Waals surface area contributed by atoms with Crippen molar-refractivity contribution in [3.05, 3.63) is 64.3 Å². The number of halogens is 2. The van der Waals surface area contributed by atoms with Crippen LogP contribution in [0.1, 0.15) is 12.5 Å². The maximum Gasteiger partial charge on any atom is 0.326 e. The number of imidazole rings is 1. The van der Waals surface area contributed by atoms with E-state index in [2.05, 4.69) is 4.98 Å². The second-order valence-corrected chi connectivity index (χ2v) is 6.84. The second-order valence-electron chi connectivity index (χ2n) is 6.40. The number of aromatic nitrogens is 3. The maximum atomic E-state index is 13.5. The largest absolute Gasteiger partial charge is 0.495 e. The summed E-state index contributed by atoms with van der Waals surface area (Å²) in [6, 6.07) is 5.03. The van der Waals surface area contributed by atoms with E-state index in [1.807, 2.05) is 0 Å². The standard InChI is InChI=1S/C20H19ClFN3O5/c1-29-6-5-16(20(27)28)25-9-17(30-2)14(8-19(25)26)13-7-12(21)3-4-15(13)24-10-18(22)23-11-24/h3-4,7-11,16H,5-6H2,1-2H3,(H,27,28). The van der Waals surface area contributed by atoms with Crippen LogP contribution >= 0.6 is 11.6 Å². The number of carboxylic acid groups (broad SMARTS) is 1. The van der Waals surface area contributed by atoms with Gasteiger partial charge in [-0.05, 0) is 18.2 Å². The fraction of sp³-hybridized carbons (Fsp3) is 0.250. The molecule has 0 bridgehead atoms. The molecule has 1 atom stereocenters. The molecule has 1 aromatic carbocycles. The minimum atomic E-state index is -1.17. The van der Waals surface area contributed by atoms with Crippen LogP contribution in [0.15, 0.2) is 47.8 Å². The van der Waals surface area contributed by atoms with Crippen molar-refractivity contribution >= 4 is 17.6 Å². The van der Waals surface area contributed by atoms with Crippen LogP contribution in [0.2, 0.25) is 5.02 Å². The van der Waals surface area contributed by atoms with Gasteiger partial charge in [0.25, 0.3) is 5.56 Å². The van der Waals surface area contributed by atoms with Crippen LogP contribution in [0.4, 0.5) is 4.39 Å². The summed E-state index contributed by atoms with van der Waals surface area (Å²) in [5.41, 5.74) is 0.837. The Labute approximate surface area is 176 Å². The Morgan fingerprint density at radius 2 is 2.03 bits per heavy atom. The quantitative estimate of drug-likeness (QED) is 0.584. The maximum absolute atomic E-state index is 13.5. The monoisotopic (exact) mass is 435 g/mol. The minimum Gasteiger partial charge on any atom is -0.495 e. The van der Waals surface area contributed by atoms with Gasteiger partial charge in [0.1, 0.15) is 18.1 Å². The highest BCUT2D eigenvalue weighted by molar-refractivity contribution is 6.31. The smallest absolute Gasteiger partial charge is 0.326 e. The van der Waals surface area contributed by atoms with Crippen LogP contribution in [-0.2, 0) is 9.53 Å². The van der Waals surface area contributed by atoms with Gasteiger partial charge in [-0.2, -0.15) is 4.39 Å². The molecule has 0 aliphatic rings. The van der Waals surface area contributed by atoms with Gasteiger partial charge in [-0.3, -0.25) is 9.36 Å². The van der Waals surface area contributed by atoms with E-state index in [1.165, 1.54) is 43.6 Å². The lowest BCUT2D eigenvalue weighted by Crippen LogP contribution is -2.30. The number of pyridine rings is 1. The Morgan fingerprint density at radius 1 is 1.27 bits per heavy atom. The van der Waals surface area contributed by atoms with E-state index in [-0.39, 0.29) is 18.8 Å². The van der Waals surface area contributed by atoms with Crippen molar-refractivity contribution in [1.29, 1.82) is 0 Å². The van der Waals surface area contributed by atoms with Crippen LogP contribution in [0.25, 0.3) is 16.8 Å². The third kappa shape index (κ3) is 4.37. The van der Waals surface area contributed by atoms with E-state index in [1.54, 1.807) is 18.2 Å². The summed E-state index contributed by atoms with van der Waals surface area (Å²) >= 11 is 6.16. The topological polar surface area (TPSA) is 95.6 Å². The number of hydrogen-bond acceptors (Lipinski definition) is 5. The molecule has 158 valence electrons. The third-order valence-corrected chi connectivity index (χ3v) is 4.79. The predicted molar refractivity (Wildman–Crippen MR) is 108 cm³/mol. The zero-order chi connectivity index (χ0) is 21.8. The summed E-state index contributed by atoms with van der Waals surface area (Å²) in [5.74, 6) is -1.58. The van der Waals surface area contributed by atoms with Gasteiger partial charge < -0.3 is 19.1 Å². The highest BCUT2D eigenvalue weighted by Crippen LogP contribution is 2.35. The van der Waals surface area contributed by atoms with E-state index >= 15 is 0 Å². The van der Waals surface area contributed by atoms with Crippen LogP contribution in [0.5, 0.6) is 5.75 Å². The summed E-state index contributed by atoms with van der Waals surface area (Å²) in [6.07, 6.45) is 3.92. The lowest BCUT2D eigenvalue weighted by molar-refractivity contribution is -0.141. The number of methoxy groups -OCH3 is 2. The van der Waals surface area contributed by atoms with E-state index < -0.39 is 23.5 Å². The predicted octanol–water partition coefficient (Wildman–Crippen LogP) is 3.16. The number of ether oxygens (including phenoxy) is 2. The summed E-state index contributed by atoms with van der Waals surface area (Å²) in [6.45, 7) is 0.165.